The smallest absolute Gasteiger partial charge is 0.272 e. The molecule has 3 heterocycles. The van der Waals surface area contributed by atoms with E-state index < -0.39 is 0 Å². The van der Waals surface area contributed by atoms with Crippen LogP contribution in [0.3, 0.4) is 0 Å². The van der Waals surface area contributed by atoms with E-state index in [0.29, 0.717) is 18.2 Å². The van der Waals surface area contributed by atoms with Crippen molar-refractivity contribution in [3.05, 3.63) is 65.5 Å². The Morgan fingerprint density at radius 2 is 1.91 bits per heavy atom. The van der Waals surface area contributed by atoms with Gasteiger partial charge in [-0.2, -0.15) is 0 Å². The lowest BCUT2D eigenvalue weighted by Gasteiger charge is -2.58. The second-order valence-electron chi connectivity index (χ2n) is 8.92. The molecule has 1 N–H and O–H groups in total. The minimum atomic E-state index is -0.255. The van der Waals surface area contributed by atoms with Crippen molar-refractivity contribution in [3.8, 4) is 11.8 Å². The first-order valence-corrected chi connectivity index (χ1v) is 11.4. The summed E-state index contributed by atoms with van der Waals surface area (Å²) in [5, 5.41) is 9.98. The van der Waals surface area contributed by atoms with Gasteiger partial charge in [-0.25, -0.2) is 0 Å². The summed E-state index contributed by atoms with van der Waals surface area (Å²) in [6, 6.07) is 12.9. The van der Waals surface area contributed by atoms with E-state index in [9.17, 15) is 14.7 Å². The molecule has 2 aromatic rings. The highest BCUT2D eigenvalue weighted by atomic mass is 16.3. The maximum atomic E-state index is 12.9. The number of nitrogens with zero attached hydrogens (tertiary/aromatic N) is 3. The van der Waals surface area contributed by atoms with E-state index in [0.717, 1.165) is 11.1 Å². The second kappa shape index (κ2) is 8.76. The van der Waals surface area contributed by atoms with Gasteiger partial charge in [-0.3, -0.25) is 14.6 Å². The molecule has 32 heavy (non-hydrogen) atoms. The van der Waals surface area contributed by atoms with Gasteiger partial charge in [0.25, 0.3) is 5.91 Å². The second-order valence-corrected chi connectivity index (χ2v) is 8.92. The number of amides is 2. The highest BCUT2D eigenvalue weighted by Crippen LogP contribution is 2.43. The van der Waals surface area contributed by atoms with Crippen LogP contribution in [-0.2, 0) is 4.79 Å². The highest BCUT2D eigenvalue weighted by molar-refractivity contribution is 5.96. The van der Waals surface area contributed by atoms with Crippen LogP contribution in [0.5, 0.6) is 0 Å². The number of piperazine rings is 1. The lowest BCUT2D eigenvalue weighted by atomic mass is 9.73. The average Bonchev–Trinajstić information content (AvgIpc) is 3.33. The molecule has 6 heteroatoms. The van der Waals surface area contributed by atoms with Crippen molar-refractivity contribution in [1.82, 2.24) is 14.8 Å². The lowest BCUT2D eigenvalue weighted by Crippen LogP contribution is -2.73. The van der Waals surface area contributed by atoms with Crippen molar-refractivity contribution in [2.24, 2.45) is 5.92 Å². The Morgan fingerprint density at radius 1 is 1.12 bits per heavy atom. The predicted octanol–water partition coefficient (Wildman–Crippen LogP) is 2.43. The molecule has 3 atom stereocenters. The Morgan fingerprint density at radius 3 is 2.59 bits per heavy atom. The highest BCUT2D eigenvalue weighted by Gasteiger charge is 2.54. The van der Waals surface area contributed by atoms with Crippen molar-refractivity contribution in [3.63, 3.8) is 0 Å². The number of pyridine rings is 1. The zero-order chi connectivity index (χ0) is 22.1. The Bertz CT molecular complexity index is 1050. The maximum Gasteiger partial charge on any atom is 0.272 e. The van der Waals surface area contributed by atoms with Crippen molar-refractivity contribution in [2.75, 3.05) is 19.7 Å². The minimum absolute atomic E-state index is 0.0138. The monoisotopic (exact) mass is 429 g/mol. The number of fused-ring (bicyclic) bond motifs is 1. The third kappa shape index (κ3) is 3.78. The van der Waals surface area contributed by atoms with Gasteiger partial charge in [0.15, 0.2) is 0 Å². The molecule has 5 rings (SSSR count). The van der Waals surface area contributed by atoms with E-state index in [1.165, 1.54) is 25.7 Å². The van der Waals surface area contributed by atoms with Crippen molar-refractivity contribution in [2.45, 2.75) is 43.7 Å². The standard InChI is InChI=1S/C26H27N3O3/c30-17-23-25(20-12-10-19(11-13-20)9-8-18-5-1-2-6-18)22-15-28(16-24(31)29(22)23)26(32)21-7-3-4-14-27-21/h3-4,7,10-14,18,22-23,25,30H,1-2,5-6,15-17H2/t22-,23+,25+/m1/s1. The van der Waals surface area contributed by atoms with E-state index in [2.05, 4.69) is 16.8 Å². The van der Waals surface area contributed by atoms with Gasteiger partial charge in [0.05, 0.1) is 18.7 Å². The Kier molecular flexibility index (Phi) is 5.67. The number of aromatic nitrogens is 1. The molecule has 0 unspecified atom stereocenters. The Balaban J connectivity index is 1.33. The quantitative estimate of drug-likeness (QED) is 0.761. The lowest BCUT2D eigenvalue weighted by molar-refractivity contribution is -0.159. The summed E-state index contributed by atoms with van der Waals surface area (Å²) in [7, 11) is 0. The molecule has 3 fully saturated rings. The summed E-state index contributed by atoms with van der Waals surface area (Å²) in [6.07, 6.45) is 6.53. The van der Waals surface area contributed by atoms with Gasteiger partial charge in [-0.1, -0.05) is 42.9 Å². The first-order valence-electron chi connectivity index (χ1n) is 11.4. The van der Waals surface area contributed by atoms with Crippen molar-refractivity contribution < 1.29 is 14.7 Å². The summed E-state index contributed by atoms with van der Waals surface area (Å²) < 4.78 is 0. The Labute approximate surface area is 188 Å². The molecule has 2 saturated heterocycles. The fourth-order valence-electron chi connectivity index (χ4n) is 5.35. The van der Waals surface area contributed by atoms with Crippen molar-refractivity contribution in [1.29, 1.82) is 0 Å². The molecule has 1 aromatic heterocycles. The van der Waals surface area contributed by atoms with Gasteiger partial charge in [-0.15, -0.1) is 0 Å². The Hall–Kier alpha value is -3.17. The molecule has 3 aliphatic rings. The van der Waals surface area contributed by atoms with Gasteiger partial charge in [0.1, 0.15) is 12.2 Å². The van der Waals surface area contributed by atoms with Crippen molar-refractivity contribution >= 4 is 11.8 Å². The van der Waals surface area contributed by atoms with Crippen LogP contribution in [0.25, 0.3) is 0 Å². The number of hydrogen-bond acceptors (Lipinski definition) is 4. The maximum absolute atomic E-state index is 12.9. The zero-order valence-electron chi connectivity index (χ0n) is 18.0. The topological polar surface area (TPSA) is 73.7 Å². The number of hydrogen-bond donors (Lipinski definition) is 1. The number of aliphatic hydroxyl groups is 1. The zero-order valence-corrected chi connectivity index (χ0v) is 18.0. The van der Waals surface area contributed by atoms with E-state index >= 15 is 0 Å². The number of aliphatic hydroxyl groups excluding tert-OH is 1. The van der Waals surface area contributed by atoms with Crippen LogP contribution in [0.2, 0.25) is 0 Å². The molecule has 1 aromatic carbocycles. The number of rotatable bonds is 3. The molecule has 2 amide bonds. The number of carbonyl (C=O) groups excluding carboxylic acids is 2. The average molecular weight is 430 g/mol. The largest absolute Gasteiger partial charge is 0.394 e. The fourth-order valence-corrected chi connectivity index (χ4v) is 5.35. The molecule has 0 radical (unpaired) electrons. The number of carbonyl (C=O) groups is 2. The van der Waals surface area contributed by atoms with E-state index in [-0.39, 0.29) is 43.0 Å². The molecule has 0 bridgehead atoms. The third-order valence-corrected chi connectivity index (χ3v) is 6.99. The summed E-state index contributed by atoms with van der Waals surface area (Å²) in [6.45, 7) is 0.362. The summed E-state index contributed by atoms with van der Waals surface area (Å²) in [5.41, 5.74) is 2.40. The van der Waals surface area contributed by atoms with Crippen LogP contribution < -0.4 is 0 Å². The summed E-state index contributed by atoms with van der Waals surface area (Å²) in [5.74, 6) is 6.83. The fraction of sp³-hybridized carbons (Fsp3) is 0.423. The van der Waals surface area contributed by atoms with Gasteiger partial charge >= 0.3 is 0 Å². The predicted molar refractivity (Wildman–Crippen MR) is 120 cm³/mol. The van der Waals surface area contributed by atoms with Gasteiger partial charge < -0.3 is 14.9 Å². The van der Waals surface area contributed by atoms with E-state index in [1.807, 2.05) is 24.3 Å². The molecular weight excluding hydrogens is 402 g/mol. The van der Waals surface area contributed by atoms with Crippen LogP contribution in [0.4, 0.5) is 0 Å². The molecular formula is C26H27N3O3. The first kappa shape index (κ1) is 20.7. The molecule has 1 saturated carbocycles. The molecule has 1 aliphatic carbocycles. The summed E-state index contributed by atoms with van der Waals surface area (Å²) >= 11 is 0. The van der Waals surface area contributed by atoms with Gasteiger partial charge in [0.2, 0.25) is 5.91 Å². The first-order chi connectivity index (χ1) is 15.7. The molecule has 2 aliphatic heterocycles. The molecule has 6 nitrogen and oxygen atoms in total. The van der Waals surface area contributed by atoms with Gasteiger partial charge in [-0.05, 0) is 42.7 Å². The molecule has 0 spiro atoms. The molecule has 164 valence electrons. The summed E-state index contributed by atoms with van der Waals surface area (Å²) in [4.78, 5) is 33.1. The SMILES string of the molecule is O=C(c1ccccn1)N1CC(=O)N2[C@H](C1)[C@H](c1ccc(C#CC3CCCC3)cc1)[C@@H]2CO. The number of benzene rings is 1. The van der Waals surface area contributed by atoms with Crippen LogP contribution in [0.1, 0.15) is 53.2 Å². The van der Waals surface area contributed by atoms with Crippen LogP contribution >= 0.6 is 0 Å². The van der Waals surface area contributed by atoms with Crippen LogP contribution in [0, 0.1) is 17.8 Å². The third-order valence-electron chi connectivity index (χ3n) is 6.99. The van der Waals surface area contributed by atoms with Crippen LogP contribution in [0.15, 0.2) is 48.7 Å². The van der Waals surface area contributed by atoms with Crippen LogP contribution in [-0.4, -0.2) is 63.5 Å². The van der Waals surface area contributed by atoms with Gasteiger partial charge in [0, 0.05) is 30.1 Å². The van der Waals surface area contributed by atoms with E-state index in [1.54, 1.807) is 34.2 Å². The minimum Gasteiger partial charge on any atom is -0.394 e. The normalized spacial score (nSPS) is 25.0. The van der Waals surface area contributed by atoms with E-state index in [4.69, 9.17) is 0 Å².